The maximum absolute atomic E-state index is 12.3. The molecule has 0 radical (unpaired) electrons. The zero-order chi connectivity index (χ0) is 15.3. The predicted octanol–water partition coefficient (Wildman–Crippen LogP) is 2.91. The van der Waals surface area contributed by atoms with E-state index in [0.29, 0.717) is 5.69 Å². The molecular weight excluding hydrogens is 284 g/mol. The Kier molecular flexibility index (Phi) is 4.98. The number of rotatable bonds is 6. The Morgan fingerprint density at radius 3 is 2.43 bits per heavy atom. The Bertz CT molecular complexity index is 694. The van der Waals surface area contributed by atoms with Crippen LogP contribution in [0.3, 0.4) is 0 Å². The highest BCUT2D eigenvalue weighted by atomic mass is 32.2. The number of sulfonamides is 1. The Morgan fingerprint density at radius 2 is 1.76 bits per heavy atom. The second-order valence-electron chi connectivity index (χ2n) is 4.90. The van der Waals surface area contributed by atoms with Gasteiger partial charge in [-0.15, -0.1) is 0 Å². The van der Waals surface area contributed by atoms with E-state index in [2.05, 4.69) is 10.0 Å². The monoisotopic (exact) mass is 304 g/mol. The number of aryl methyl sites for hydroxylation is 1. The molecule has 21 heavy (non-hydrogen) atoms. The van der Waals surface area contributed by atoms with E-state index < -0.39 is 10.0 Å². The van der Waals surface area contributed by atoms with Crippen LogP contribution in [-0.2, 0) is 16.6 Å². The fraction of sp³-hybridized carbons (Fsp3) is 0.250. The lowest BCUT2D eigenvalue weighted by molar-refractivity contribution is 0.601. The van der Waals surface area contributed by atoms with E-state index in [1.54, 1.807) is 30.3 Å². The number of hydrogen-bond donors (Lipinski definition) is 2. The molecule has 5 heteroatoms. The standard InChI is InChI=1S/C16H20N2O2S/c1-3-17-12-14-5-4-6-15(11-14)18-21(19,20)16-9-7-13(2)8-10-16/h4-11,17-18H,3,12H2,1-2H3. The van der Waals surface area contributed by atoms with Gasteiger partial charge in [0.05, 0.1) is 4.90 Å². The Labute approximate surface area is 126 Å². The lowest BCUT2D eigenvalue weighted by Gasteiger charge is -2.10. The van der Waals surface area contributed by atoms with Crippen molar-refractivity contribution in [3.8, 4) is 0 Å². The van der Waals surface area contributed by atoms with Gasteiger partial charge in [-0.05, 0) is 43.3 Å². The highest BCUT2D eigenvalue weighted by molar-refractivity contribution is 7.92. The quantitative estimate of drug-likeness (QED) is 0.862. The molecule has 0 aliphatic heterocycles. The molecule has 0 saturated carbocycles. The number of hydrogen-bond acceptors (Lipinski definition) is 3. The molecule has 0 saturated heterocycles. The molecule has 2 aromatic rings. The van der Waals surface area contributed by atoms with Crippen LogP contribution in [0.1, 0.15) is 18.1 Å². The molecule has 2 aromatic carbocycles. The highest BCUT2D eigenvalue weighted by Gasteiger charge is 2.13. The molecule has 112 valence electrons. The maximum Gasteiger partial charge on any atom is 0.261 e. The third kappa shape index (κ3) is 4.31. The van der Waals surface area contributed by atoms with E-state index in [0.717, 1.165) is 24.2 Å². The SMILES string of the molecule is CCNCc1cccc(NS(=O)(=O)c2ccc(C)cc2)c1. The average Bonchev–Trinajstić information content (AvgIpc) is 2.45. The van der Waals surface area contributed by atoms with Gasteiger partial charge < -0.3 is 5.32 Å². The van der Waals surface area contributed by atoms with Crippen LogP contribution in [0.2, 0.25) is 0 Å². The fourth-order valence-corrected chi connectivity index (χ4v) is 3.00. The Balaban J connectivity index is 2.18. The summed E-state index contributed by atoms with van der Waals surface area (Å²) in [5, 5.41) is 3.22. The van der Waals surface area contributed by atoms with Crippen molar-refractivity contribution in [2.45, 2.75) is 25.3 Å². The van der Waals surface area contributed by atoms with Gasteiger partial charge in [0.15, 0.2) is 0 Å². The summed E-state index contributed by atoms with van der Waals surface area (Å²) in [5.41, 5.74) is 2.65. The largest absolute Gasteiger partial charge is 0.313 e. The molecule has 2 N–H and O–H groups in total. The molecular formula is C16H20N2O2S. The van der Waals surface area contributed by atoms with Crippen LogP contribution < -0.4 is 10.0 Å². The minimum absolute atomic E-state index is 0.269. The maximum atomic E-state index is 12.3. The van der Waals surface area contributed by atoms with Crippen LogP contribution in [-0.4, -0.2) is 15.0 Å². The van der Waals surface area contributed by atoms with Gasteiger partial charge in [0.1, 0.15) is 0 Å². The smallest absolute Gasteiger partial charge is 0.261 e. The van der Waals surface area contributed by atoms with Gasteiger partial charge in [-0.25, -0.2) is 8.42 Å². The van der Waals surface area contributed by atoms with Crippen molar-refractivity contribution in [2.24, 2.45) is 0 Å². The lowest BCUT2D eigenvalue weighted by atomic mass is 10.2. The second-order valence-corrected chi connectivity index (χ2v) is 6.58. The molecule has 0 heterocycles. The molecule has 0 atom stereocenters. The zero-order valence-electron chi connectivity index (χ0n) is 12.3. The van der Waals surface area contributed by atoms with Gasteiger partial charge >= 0.3 is 0 Å². The van der Waals surface area contributed by atoms with Crippen molar-refractivity contribution in [1.29, 1.82) is 0 Å². The van der Waals surface area contributed by atoms with Crippen LogP contribution in [0.15, 0.2) is 53.4 Å². The van der Waals surface area contributed by atoms with E-state index in [1.165, 1.54) is 0 Å². The van der Waals surface area contributed by atoms with E-state index in [9.17, 15) is 8.42 Å². The molecule has 0 fully saturated rings. The van der Waals surface area contributed by atoms with Gasteiger partial charge in [0.2, 0.25) is 0 Å². The Hall–Kier alpha value is -1.85. The van der Waals surface area contributed by atoms with Crippen molar-refractivity contribution in [3.05, 3.63) is 59.7 Å². The third-order valence-electron chi connectivity index (χ3n) is 3.09. The molecule has 0 aromatic heterocycles. The summed E-state index contributed by atoms with van der Waals surface area (Å²) in [5.74, 6) is 0. The summed E-state index contributed by atoms with van der Waals surface area (Å²) >= 11 is 0. The van der Waals surface area contributed by atoms with Crippen LogP contribution in [0.4, 0.5) is 5.69 Å². The van der Waals surface area contributed by atoms with Crippen molar-refractivity contribution in [3.63, 3.8) is 0 Å². The highest BCUT2D eigenvalue weighted by Crippen LogP contribution is 2.17. The number of nitrogens with one attached hydrogen (secondary N) is 2. The van der Waals surface area contributed by atoms with E-state index in [1.807, 2.05) is 32.0 Å². The van der Waals surface area contributed by atoms with Crippen molar-refractivity contribution >= 4 is 15.7 Å². The van der Waals surface area contributed by atoms with E-state index >= 15 is 0 Å². The molecule has 0 spiro atoms. The third-order valence-corrected chi connectivity index (χ3v) is 4.49. The van der Waals surface area contributed by atoms with E-state index in [4.69, 9.17) is 0 Å². The lowest BCUT2D eigenvalue weighted by Crippen LogP contribution is -2.14. The van der Waals surface area contributed by atoms with Crippen molar-refractivity contribution in [1.82, 2.24) is 5.32 Å². The number of anilines is 1. The van der Waals surface area contributed by atoms with Crippen LogP contribution >= 0.6 is 0 Å². The molecule has 0 bridgehead atoms. The fourth-order valence-electron chi connectivity index (χ4n) is 1.95. The predicted molar refractivity (Wildman–Crippen MR) is 85.8 cm³/mol. The summed E-state index contributed by atoms with van der Waals surface area (Å²) in [7, 11) is -3.54. The first-order chi connectivity index (χ1) is 10.0. The first-order valence-corrected chi connectivity index (χ1v) is 8.39. The van der Waals surface area contributed by atoms with Gasteiger partial charge in [0, 0.05) is 12.2 Å². The molecule has 0 amide bonds. The summed E-state index contributed by atoms with van der Waals surface area (Å²) in [6.07, 6.45) is 0. The van der Waals surface area contributed by atoms with Crippen LogP contribution in [0, 0.1) is 6.92 Å². The summed E-state index contributed by atoms with van der Waals surface area (Å²) in [6.45, 7) is 5.55. The molecule has 4 nitrogen and oxygen atoms in total. The molecule has 0 aliphatic carbocycles. The topological polar surface area (TPSA) is 58.2 Å². The number of benzene rings is 2. The summed E-state index contributed by atoms with van der Waals surface area (Å²) in [4.78, 5) is 0.269. The molecule has 0 aliphatic rings. The summed E-state index contributed by atoms with van der Waals surface area (Å²) < 4.78 is 27.2. The molecule has 0 unspecified atom stereocenters. The van der Waals surface area contributed by atoms with Crippen LogP contribution in [0.5, 0.6) is 0 Å². The first kappa shape index (κ1) is 15.5. The van der Waals surface area contributed by atoms with Gasteiger partial charge in [0.25, 0.3) is 10.0 Å². The molecule has 2 rings (SSSR count). The van der Waals surface area contributed by atoms with Gasteiger partial charge in [-0.3, -0.25) is 4.72 Å². The van der Waals surface area contributed by atoms with E-state index in [-0.39, 0.29) is 4.90 Å². The first-order valence-electron chi connectivity index (χ1n) is 6.90. The van der Waals surface area contributed by atoms with Crippen LogP contribution in [0.25, 0.3) is 0 Å². The second kappa shape index (κ2) is 6.74. The minimum atomic E-state index is -3.54. The zero-order valence-corrected chi connectivity index (χ0v) is 13.1. The van der Waals surface area contributed by atoms with Gasteiger partial charge in [-0.2, -0.15) is 0 Å². The van der Waals surface area contributed by atoms with Crippen molar-refractivity contribution in [2.75, 3.05) is 11.3 Å². The van der Waals surface area contributed by atoms with Gasteiger partial charge in [-0.1, -0.05) is 36.8 Å². The van der Waals surface area contributed by atoms with Crippen molar-refractivity contribution < 1.29 is 8.42 Å². The average molecular weight is 304 g/mol. The summed E-state index contributed by atoms with van der Waals surface area (Å²) in [6, 6.07) is 14.2. The Morgan fingerprint density at radius 1 is 1.05 bits per heavy atom. The normalized spacial score (nSPS) is 11.3. The minimum Gasteiger partial charge on any atom is -0.313 e.